The number of hydrogen-bond donors (Lipinski definition) is 0. The third-order valence-corrected chi connectivity index (χ3v) is 3.11. The Balaban J connectivity index is 2.41. The Labute approximate surface area is 84.5 Å². The van der Waals surface area contributed by atoms with E-state index in [9.17, 15) is 4.39 Å². The second-order valence-corrected chi connectivity index (χ2v) is 4.07. The van der Waals surface area contributed by atoms with E-state index >= 15 is 0 Å². The van der Waals surface area contributed by atoms with Crippen molar-refractivity contribution in [2.75, 3.05) is 0 Å². The molecule has 0 fully saturated rings. The van der Waals surface area contributed by atoms with Crippen LogP contribution in [-0.2, 0) is 12.8 Å². The molecule has 1 unspecified atom stereocenters. The van der Waals surface area contributed by atoms with Crippen molar-refractivity contribution in [3.63, 3.8) is 0 Å². The molecule has 0 heterocycles. The summed E-state index contributed by atoms with van der Waals surface area (Å²) < 4.78 is 13.7. The van der Waals surface area contributed by atoms with Gasteiger partial charge in [-0.2, -0.15) is 0 Å². The Kier molecular flexibility index (Phi) is 2.40. The number of rotatable bonds is 1. The van der Waals surface area contributed by atoms with Crippen LogP contribution in [0.2, 0.25) is 0 Å². The molecule has 0 aliphatic heterocycles. The number of aryl methyl sites for hydroxylation is 1. The SMILES string of the molecule is C=CC1CCc2c(ccc(C)c2F)C1. The minimum atomic E-state index is 0.00464. The quantitative estimate of drug-likeness (QED) is 0.595. The fourth-order valence-electron chi connectivity index (χ4n) is 2.16. The molecular formula is C13H15F. The Morgan fingerprint density at radius 3 is 3.00 bits per heavy atom. The number of allylic oxidation sites excluding steroid dienone is 1. The van der Waals surface area contributed by atoms with Crippen LogP contribution in [0.1, 0.15) is 23.1 Å². The van der Waals surface area contributed by atoms with Gasteiger partial charge in [0.1, 0.15) is 5.82 Å². The number of fused-ring (bicyclic) bond motifs is 1. The van der Waals surface area contributed by atoms with Crippen molar-refractivity contribution in [3.05, 3.63) is 47.3 Å². The lowest BCUT2D eigenvalue weighted by Crippen LogP contribution is -2.14. The van der Waals surface area contributed by atoms with E-state index in [0.717, 1.165) is 30.4 Å². The van der Waals surface area contributed by atoms with Crippen molar-refractivity contribution in [3.8, 4) is 0 Å². The van der Waals surface area contributed by atoms with Crippen LogP contribution >= 0.6 is 0 Å². The van der Waals surface area contributed by atoms with E-state index in [4.69, 9.17) is 0 Å². The van der Waals surface area contributed by atoms with Crippen LogP contribution in [0.15, 0.2) is 24.8 Å². The molecular weight excluding hydrogens is 175 g/mol. The lowest BCUT2D eigenvalue weighted by Gasteiger charge is -2.22. The summed E-state index contributed by atoms with van der Waals surface area (Å²) in [7, 11) is 0. The van der Waals surface area contributed by atoms with Crippen LogP contribution in [0.4, 0.5) is 4.39 Å². The highest BCUT2D eigenvalue weighted by Gasteiger charge is 2.19. The molecule has 0 saturated carbocycles. The average molecular weight is 190 g/mol. The van der Waals surface area contributed by atoms with Crippen LogP contribution < -0.4 is 0 Å². The molecule has 2 rings (SSSR count). The van der Waals surface area contributed by atoms with E-state index in [2.05, 4.69) is 12.6 Å². The smallest absolute Gasteiger partial charge is 0.129 e. The zero-order chi connectivity index (χ0) is 10.1. The second-order valence-electron chi connectivity index (χ2n) is 4.07. The largest absolute Gasteiger partial charge is 0.206 e. The molecule has 1 aromatic rings. The monoisotopic (exact) mass is 190 g/mol. The molecule has 1 aliphatic carbocycles. The molecule has 0 nitrogen and oxygen atoms in total. The van der Waals surface area contributed by atoms with E-state index in [0.29, 0.717) is 5.92 Å². The third kappa shape index (κ3) is 1.47. The van der Waals surface area contributed by atoms with Gasteiger partial charge in [0.15, 0.2) is 0 Å². The maximum absolute atomic E-state index is 13.7. The van der Waals surface area contributed by atoms with Gasteiger partial charge in [0, 0.05) is 0 Å². The Morgan fingerprint density at radius 1 is 1.50 bits per heavy atom. The first-order chi connectivity index (χ1) is 6.72. The maximum Gasteiger partial charge on any atom is 0.129 e. The lowest BCUT2D eigenvalue weighted by atomic mass is 9.83. The Morgan fingerprint density at radius 2 is 2.29 bits per heavy atom. The van der Waals surface area contributed by atoms with Crippen LogP contribution in [0.3, 0.4) is 0 Å². The predicted octanol–water partition coefficient (Wildman–Crippen LogP) is 3.43. The predicted molar refractivity (Wildman–Crippen MR) is 56.8 cm³/mol. The topological polar surface area (TPSA) is 0 Å². The molecule has 74 valence electrons. The van der Waals surface area contributed by atoms with E-state index in [1.165, 1.54) is 5.56 Å². The zero-order valence-electron chi connectivity index (χ0n) is 8.52. The summed E-state index contributed by atoms with van der Waals surface area (Å²) in [6, 6.07) is 3.93. The minimum absolute atomic E-state index is 0.00464. The summed E-state index contributed by atoms with van der Waals surface area (Å²) in [6.45, 7) is 5.63. The normalized spacial score (nSPS) is 20.3. The average Bonchev–Trinajstić information content (AvgIpc) is 2.23. The summed E-state index contributed by atoms with van der Waals surface area (Å²) in [5.74, 6) is 0.537. The van der Waals surface area contributed by atoms with Gasteiger partial charge in [-0.3, -0.25) is 0 Å². The lowest BCUT2D eigenvalue weighted by molar-refractivity contribution is 0.518. The van der Waals surface area contributed by atoms with Gasteiger partial charge >= 0.3 is 0 Å². The molecule has 0 aromatic heterocycles. The molecule has 1 atom stereocenters. The van der Waals surface area contributed by atoms with Crippen molar-refractivity contribution in [1.29, 1.82) is 0 Å². The van der Waals surface area contributed by atoms with E-state index < -0.39 is 0 Å². The summed E-state index contributed by atoms with van der Waals surface area (Å²) >= 11 is 0. The second kappa shape index (κ2) is 3.56. The molecule has 0 saturated heterocycles. The van der Waals surface area contributed by atoms with Gasteiger partial charge in [-0.25, -0.2) is 4.39 Å². The molecule has 0 bridgehead atoms. The summed E-state index contributed by atoms with van der Waals surface area (Å²) in [4.78, 5) is 0. The van der Waals surface area contributed by atoms with Gasteiger partial charge in [0.2, 0.25) is 0 Å². The fraction of sp³-hybridized carbons (Fsp3) is 0.385. The van der Waals surface area contributed by atoms with Crippen molar-refractivity contribution in [2.45, 2.75) is 26.2 Å². The standard InChI is InChI=1S/C13H15F/c1-3-10-5-7-12-11(8-10)6-4-9(2)13(12)14/h3-4,6,10H,1,5,7-8H2,2H3. The van der Waals surface area contributed by atoms with Gasteiger partial charge in [0.05, 0.1) is 0 Å². The van der Waals surface area contributed by atoms with Crippen molar-refractivity contribution < 1.29 is 4.39 Å². The molecule has 0 N–H and O–H groups in total. The maximum atomic E-state index is 13.7. The van der Waals surface area contributed by atoms with Crippen molar-refractivity contribution in [2.24, 2.45) is 5.92 Å². The summed E-state index contributed by atoms with van der Waals surface area (Å²) in [5, 5.41) is 0. The highest BCUT2D eigenvalue weighted by atomic mass is 19.1. The van der Waals surface area contributed by atoms with Crippen LogP contribution in [0.25, 0.3) is 0 Å². The number of hydrogen-bond acceptors (Lipinski definition) is 0. The minimum Gasteiger partial charge on any atom is -0.206 e. The van der Waals surface area contributed by atoms with Crippen LogP contribution in [0, 0.1) is 18.7 Å². The van der Waals surface area contributed by atoms with E-state index in [-0.39, 0.29) is 5.82 Å². The Bertz CT molecular complexity index is 366. The molecule has 0 amide bonds. The molecule has 1 aromatic carbocycles. The fourth-order valence-corrected chi connectivity index (χ4v) is 2.16. The molecule has 14 heavy (non-hydrogen) atoms. The van der Waals surface area contributed by atoms with Gasteiger partial charge in [0.25, 0.3) is 0 Å². The molecule has 1 heteroatoms. The van der Waals surface area contributed by atoms with Crippen molar-refractivity contribution in [1.82, 2.24) is 0 Å². The summed E-state index contributed by atoms with van der Waals surface area (Å²) in [6.07, 6.45) is 4.84. The van der Waals surface area contributed by atoms with E-state index in [1.54, 1.807) is 0 Å². The van der Waals surface area contributed by atoms with Gasteiger partial charge in [-0.1, -0.05) is 18.2 Å². The van der Waals surface area contributed by atoms with Gasteiger partial charge in [-0.05, 0) is 48.8 Å². The number of halogens is 1. The molecule has 0 spiro atoms. The van der Waals surface area contributed by atoms with E-state index in [1.807, 2.05) is 19.1 Å². The molecule has 1 aliphatic rings. The summed E-state index contributed by atoms with van der Waals surface area (Å²) in [5.41, 5.74) is 2.87. The van der Waals surface area contributed by atoms with Crippen molar-refractivity contribution >= 4 is 0 Å². The number of benzene rings is 1. The van der Waals surface area contributed by atoms with Gasteiger partial charge < -0.3 is 0 Å². The molecule has 0 radical (unpaired) electrons. The highest BCUT2D eigenvalue weighted by Crippen LogP contribution is 2.29. The van der Waals surface area contributed by atoms with Gasteiger partial charge in [-0.15, -0.1) is 6.58 Å². The van der Waals surface area contributed by atoms with Crippen LogP contribution in [0.5, 0.6) is 0 Å². The van der Waals surface area contributed by atoms with Crippen LogP contribution in [-0.4, -0.2) is 0 Å². The first-order valence-corrected chi connectivity index (χ1v) is 5.11. The Hall–Kier alpha value is -1.11. The first-order valence-electron chi connectivity index (χ1n) is 5.11. The highest BCUT2D eigenvalue weighted by molar-refractivity contribution is 5.35. The zero-order valence-corrected chi connectivity index (χ0v) is 8.52. The third-order valence-electron chi connectivity index (χ3n) is 3.11. The first kappa shape index (κ1) is 9.45.